The van der Waals surface area contributed by atoms with Crippen molar-refractivity contribution in [1.82, 2.24) is 4.98 Å². The van der Waals surface area contributed by atoms with E-state index in [1.165, 1.54) is 0 Å². The van der Waals surface area contributed by atoms with Crippen molar-refractivity contribution < 1.29 is 53.4 Å². The van der Waals surface area contributed by atoms with Crippen LogP contribution in [0.5, 0.6) is 0 Å². The molecule has 1 fully saturated rings. The summed E-state index contributed by atoms with van der Waals surface area (Å²) in [5.74, 6) is -0.516. The van der Waals surface area contributed by atoms with E-state index in [1.807, 2.05) is 85.8 Å². The molecule has 40 heavy (non-hydrogen) atoms. The minimum absolute atomic E-state index is 0. The molecule has 1 aliphatic carbocycles. The number of rotatable bonds is 7. The van der Waals surface area contributed by atoms with Gasteiger partial charge in [-0.15, -0.1) is 0 Å². The van der Waals surface area contributed by atoms with Gasteiger partial charge in [0.1, 0.15) is 6.10 Å². The van der Waals surface area contributed by atoms with Crippen molar-refractivity contribution in [3.8, 4) is 22.5 Å². The summed E-state index contributed by atoms with van der Waals surface area (Å²) in [7, 11) is 0. The van der Waals surface area contributed by atoms with Crippen LogP contribution >= 0.6 is 0 Å². The minimum Gasteiger partial charge on any atom is -0.549 e. The number of hydrogen-bond acceptors (Lipinski definition) is 6. The van der Waals surface area contributed by atoms with Gasteiger partial charge in [-0.3, -0.25) is 10.3 Å². The van der Waals surface area contributed by atoms with Gasteiger partial charge in [-0.25, -0.2) is 4.79 Å². The maximum absolute atomic E-state index is 12.9. The van der Waals surface area contributed by atoms with Gasteiger partial charge in [-0.1, -0.05) is 78.9 Å². The Hall–Kier alpha value is -3.91. The second-order valence-corrected chi connectivity index (χ2v) is 9.79. The van der Waals surface area contributed by atoms with Crippen molar-refractivity contribution >= 4 is 28.7 Å². The fourth-order valence-corrected chi connectivity index (χ4v) is 4.89. The van der Waals surface area contributed by atoms with E-state index in [-0.39, 0.29) is 29.6 Å². The second-order valence-electron chi connectivity index (χ2n) is 9.79. The van der Waals surface area contributed by atoms with Gasteiger partial charge in [0.25, 0.3) is 0 Å². The molecule has 6 rings (SSSR count). The number of ether oxygens (including phenoxy) is 1. The Balaban J connectivity index is 0.00000323. The molecule has 2 heterocycles. The van der Waals surface area contributed by atoms with E-state index in [2.05, 4.69) is 10.3 Å². The zero-order valence-corrected chi connectivity index (χ0v) is 24.2. The first-order valence-electron chi connectivity index (χ1n) is 12.8. The summed E-state index contributed by atoms with van der Waals surface area (Å²) in [4.78, 5) is 28.5. The molecule has 1 atom stereocenters. The van der Waals surface area contributed by atoms with Crippen LogP contribution in [0.3, 0.4) is 0 Å². The average molecular weight is 541 g/mol. The topological polar surface area (TPSA) is 104 Å². The number of anilines is 1. The largest absolute Gasteiger partial charge is 1.00 e. The Morgan fingerprint density at radius 2 is 1.55 bits per heavy atom. The third-order valence-electron chi connectivity index (χ3n) is 7.33. The molecule has 0 radical (unpaired) electrons. The maximum atomic E-state index is 12.9. The van der Waals surface area contributed by atoms with Gasteiger partial charge < -0.3 is 19.1 Å². The maximum Gasteiger partial charge on any atom is 1.00 e. The summed E-state index contributed by atoms with van der Waals surface area (Å²) in [6.07, 6.45) is 3.47. The number of aliphatic carboxylic acids is 1. The average Bonchev–Trinajstić information content (AvgIpc) is 3.71. The molecule has 0 saturated heterocycles. The molecular weight excluding hydrogens is 515 g/mol. The molecule has 7 nitrogen and oxygen atoms in total. The normalized spacial score (nSPS) is 14.1. The summed E-state index contributed by atoms with van der Waals surface area (Å²) < 4.78 is 11.7. The number of carbonyl (C=O) groups excluding carboxylic acids is 2. The van der Waals surface area contributed by atoms with Gasteiger partial charge in [-0.05, 0) is 48.1 Å². The number of aromatic nitrogens is 1. The van der Waals surface area contributed by atoms with Gasteiger partial charge in [0, 0.05) is 22.6 Å². The number of nitrogens with zero attached hydrogens (tertiary/aromatic N) is 1. The van der Waals surface area contributed by atoms with E-state index in [0.717, 1.165) is 27.8 Å². The van der Waals surface area contributed by atoms with Crippen LogP contribution in [0.2, 0.25) is 0 Å². The van der Waals surface area contributed by atoms with E-state index in [1.54, 1.807) is 18.5 Å². The van der Waals surface area contributed by atoms with E-state index >= 15 is 0 Å². The third-order valence-corrected chi connectivity index (χ3v) is 7.33. The Morgan fingerprint density at radius 3 is 2.17 bits per heavy atom. The van der Waals surface area contributed by atoms with E-state index in [4.69, 9.17) is 9.15 Å². The van der Waals surface area contributed by atoms with Crippen molar-refractivity contribution in [2.24, 2.45) is 0 Å². The SMILES string of the molecule is CC(OC(=O)Nc1c(-c2ccc(-c3ccc(C4(C(=O)[O-])CC4)cc3)cc2)oc2cnccc12)c1ccccc1.[Na+]. The van der Waals surface area contributed by atoms with E-state index < -0.39 is 23.6 Å². The number of pyridine rings is 1. The Bertz CT molecular complexity index is 1660. The number of fused-ring (bicyclic) bond motifs is 1. The summed E-state index contributed by atoms with van der Waals surface area (Å²) in [6.45, 7) is 1.82. The van der Waals surface area contributed by atoms with Crippen molar-refractivity contribution in [3.05, 3.63) is 108 Å². The Morgan fingerprint density at radius 1 is 0.925 bits per heavy atom. The van der Waals surface area contributed by atoms with Crippen LogP contribution in [0, 0.1) is 0 Å². The molecule has 1 saturated carbocycles. The first-order valence-corrected chi connectivity index (χ1v) is 12.8. The number of benzene rings is 3. The molecule has 0 aliphatic heterocycles. The molecule has 5 aromatic rings. The number of carbonyl (C=O) groups is 2. The summed E-state index contributed by atoms with van der Waals surface area (Å²) in [6, 6.07) is 26.6. The fourth-order valence-electron chi connectivity index (χ4n) is 4.89. The molecule has 3 aromatic carbocycles. The molecule has 8 heteroatoms. The first kappa shape index (κ1) is 27.6. The monoisotopic (exact) mass is 540 g/mol. The smallest absolute Gasteiger partial charge is 0.549 e. The van der Waals surface area contributed by atoms with Crippen LogP contribution in [0.4, 0.5) is 10.5 Å². The number of carboxylic acids is 1. The van der Waals surface area contributed by atoms with Crippen LogP contribution in [-0.2, 0) is 14.9 Å². The number of carboxylic acid groups (broad SMARTS) is 1. The summed E-state index contributed by atoms with van der Waals surface area (Å²) in [5, 5.41) is 15.1. The molecule has 1 N–H and O–H groups in total. The summed E-state index contributed by atoms with van der Waals surface area (Å²) >= 11 is 0. The molecule has 2 aromatic heterocycles. The minimum atomic E-state index is -1.01. The van der Waals surface area contributed by atoms with Crippen molar-refractivity contribution in [3.63, 3.8) is 0 Å². The fraction of sp³-hybridized carbons (Fsp3) is 0.156. The van der Waals surface area contributed by atoms with Crippen molar-refractivity contribution in [1.29, 1.82) is 0 Å². The van der Waals surface area contributed by atoms with Crippen molar-refractivity contribution in [2.45, 2.75) is 31.3 Å². The van der Waals surface area contributed by atoms with Crippen LogP contribution < -0.4 is 40.0 Å². The summed E-state index contributed by atoms with van der Waals surface area (Å²) in [5.41, 5.74) is 4.59. The van der Waals surface area contributed by atoms with Gasteiger partial charge in [0.15, 0.2) is 11.3 Å². The Labute approximate surface area is 253 Å². The zero-order valence-electron chi connectivity index (χ0n) is 22.2. The van der Waals surface area contributed by atoms with Crippen LogP contribution in [0.25, 0.3) is 33.4 Å². The molecule has 0 bridgehead atoms. The van der Waals surface area contributed by atoms with Crippen molar-refractivity contribution in [2.75, 3.05) is 5.32 Å². The van der Waals surface area contributed by atoms with Crippen LogP contribution in [0.15, 0.2) is 102 Å². The van der Waals surface area contributed by atoms with Gasteiger partial charge in [-0.2, -0.15) is 0 Å². The predicted octanol–water partition coefficient (Wildman–Crippen LogP) is 3.26. The zero-order chi connectivity index (χ0) is 27.0. The second kappa shape index (κ2) is 11.3. The number of amides is 1. The van der Waals surface area contributed by atoms with Crippen LogP contribution in [0.1, 0.15) is 37.0 Å². The molecule has 194 valence electrons. The molecule has 1 aliphatic rings. The van der Waals surface area contributed by atoms with Gasteiger partial charge in [0.2, 0.25) is 0 Å². The molecule has 0 spiro atoms. The molecular formula is C32H25N2NaO5. The Kier molecular flexibility index (Phi) is 7.81. The third kappa shape index (κ3) is 5.28. The predicted molar refractivity (Wildman–Crippen MR) is 146 cm³/mol. The van der Waals surface area contributed by atoms with Gasteiger partial charge in [0.05, 0.1) is 17.9 Å². The van der Waals surface area contributed by atoms with E-state index in [9.17, 15) is 14.7 Å². The quantitative estimate of drug-likeness (QED) is 0.318. The molecule has 1 unspecified atom stereocenters. The number of furan rings is 1. The molecule has 1 amide bonds. The van der Waals surface area contributed by atoms with E-state index in [0.29, 0.717) is 35.3 Å². The number of nitrogens with one attached hydrogen (secondary N) is 1. The first-order chi connectivity index (χ1) is 18.9. The van der Waals surface area contributed by atoms with Gasteiger partial charge >= 0.3 is 35.7 Å². The number of hydrogen-bond donors (Lipinski definition) is 1. The standard InChI is InChI=1S/C32H26N2O5.Na/c1-20(21-5-3-2-4-6-21)38-31(37)34-28-26-15-18-33-19-27(26)39-29(28)24-9-7-22(8-10-24)23-11-13-25(14-12-23)32(16-17-32)30(35)36;/h2-15,18-20H,16-17H2,1H3,(H,34,37)(H,35,36);/q;+1/p-1. The van der Waals surface area contributed by atoms with Crippen LogP contribution in [-0.4, -0.2) is 17.0 Å².